The summed E-state index contributed by atoms with van der Waals surface area (Å²) in [7, 11) is 0. The molecule has 0 saturated heterocycles. The van der Waals surface area contributed by atoms with Crippen molar-refractivity contribution in [3.05, 3.63) is 0 Å². The van der Waals surface area contributed by atoms with Crippen LogP contribution in [-0.4, -0.2) is 6.47 Å². The Kier molecular flexibility index (Phi) is 2.05. The van der Waals surface area contributed by atoms with Crippen LogP contribution in [0.3, 0.4) is 0 Å². The molecule has 70 valence electrons. The van der Waals surface area contributed by atoms with E-state index in [0.29, 0.717) is 10.8 Å². The minimum absolute atomic E-state index is 0.172. The smallest absolute Gasteiger partial charge is 0.0721 e. The van der Waals surface area contributed by atoms with Gasteiger partial charge in [-0.3, -0.25) is 0 Å². The lowest BCUT2D eigenvalue weighted by Crippen LogP contribution is -2.21. The first-order chi connectivity index (χ1) is 5.16. The standard InChI is InChI=1S/C8H10Br4/c1-5(3-7(5,9)10)6(2)4-8(6,11)12/h3-4H2,1-2H3/t5-,6-/m0/s1. The first-order valence-electron chi connectivity index (χ1n) is 3.92. The minimum atomic E-state index is 0.172. The molecule has 0 unspecified atom stereocenters. The van der Waals surface area contributed by atoms with Crippen molar-refractivity contribution in [1.29, 1.82) is 0 Å². The molecule has 0 nitrogen and oxygen atoms in total. The molecule has 2 saturated carbocycles. The Morgan fingerprint density at radius 1 is 0.750 bits per heavy atom. The Labute approximate surface area is 107 Å². The molecule has 0 heterocycles. The van der Waals surface area contributed by atoms with E-state index < -0.39 is 0 Å². The second-order valence-electron chi connectivity index (χ2n) is 4.43. The number of rotatable bonds is 1. The Bertz CT molecular complexity index is 221. The van der Waals surface area contributed by atoms with Crippen LogP contribution in [0.25, 0.3) is 0 Å². The maximum atomic E-state index is 3.71. The largest absolute Gasteiger partial charge is 0.0871 e. The normalized spacial score (nSPS) is 53.5. The van der Waals surface area contributed by atoms with Crippen molar-refractivity contribution in [3.63, 3.8) is 0 Å². The quantitative estimate of drug-likeness (QED) is 0.530. The SMILES string of the molecule is C[C@@]1([C@]2(C)CC2(Br)Br)CC1(Br)Br. The molecule has 2 fully saturated rings. The van der Waals surface area contributed by atoms with Gasteiger partial charge in [-0.05, 0) is 12.8 Å². The van der Waals surface area contributed by atoms with E-state index in [2.05, 4.69) is 77.6 Å². The van der Waals surface area contributed by atoms with E-state index in [1.54, 1.807) is 0 Å². The van der Waals surface area contributed by atoms with Crippen LogP contribution < -0.4 is 0 Å². The molecular formula is C8H10Br4. The van der Waals surface area contributed by atoms with E-state index in [4.69, 9.17) is 0 Å². The van der Waals surface area contributed by atoms with Gasteiger partial charge in [0, 0.05) is 10.8 Å². The van der Waals surface area contributed by atoms with Gasteiger partial charge in [-0.2, -0.15) is 0 Å². The van der Waals surface area contributed by atoms with Crippen LogP contribution in [-0.2, 0) is 0 Å². The van der Waals surface area contributed by atoms with Gasteiger partial charge in [-0.1, -0.05) is 77.6 Å². The van der Waals surface area contributed by atoms with Gasteiger partial charge in [0.05, 0.1) is 6.47 Å². The molecule has 0 radical (unpaired) electrons. The Morgan fingerprint density at radius 3 is 1.00 bits per heavy atom. The summed E-state index contributed by atoms with van der Waals surface area (Å²) < 4.78 is 0.343. The van der Waals surface area contributed by atoms with Gasteiger partial charge in [-0.15, -0.1) is 0 Å². The molecular weight excluding hydrogens is 416 g/mol. The average molecular weight is 426 g/mol. The number of halogens is 4. The summed E-state index contributed by atoms with van der Waals surface area (Å²) in [5, 5.41) is 0. The van der Waals surface area contributed by atoms with E-state index in [9.17, 15) is 0 Å². The van der Waals surface area contributed by atoms with Crippen molar-refractivity contribution in [1.82, 2.24) is 0 Å². The molecule has 0 aromatic carbocycles. The van der Waals surface area contributed by atoms with Gasteiger partial charge in [0.2, 0.25) is 0 Å². The van der Waals surface area contributed by atoms with Gasteiger partial charge in [0.25, 0.3) is 0 Å². The predicted molar refractivity (Wildman–Crippen MR) is 66.6 cm³/mol. The highest BCUT2D eigenvalue weighted by atomic mass is 79.9. The zero-order chi connectivity index (χ0) is 9.41. The lowest BCUT2D eigenvalue weighted by molar-refractivity contribution is 0.340. The average Bonchev–Trinajstić information content (AvgIpc) is 2.49. The second kappa shape index (κ2) is 2.35. The van der Waals surface area contributed by atoms with E-state index >= 15 is 0 Å². The maximum absolute atomic E-state index is 3.71. The summed E-state index contributed by atoms with van der Waals surface area (Å²) in [5.74, 6) is 0. The molecule has 12 heavy (non-hydrogen) atoms. The highest BCUT2D eigenvalue weighted by molar-refractivity contribution is 9.26. The fourth-order valence-corrected chi connectivity index (χ4v) is 5.99. The third-order valence-electron chi connectivity index (χ3n) is 3.73. The minimum Gasteiger partial charge on any atom is -0.0721 e. The van der Waals surface area contributed by atoms with Crippen molar-refractivity contribution in [2.45, 2.75) is 33.2 Å². The van der Waals surface area contributed by atoms with Crippen molar-refractivity contribution in [2.75, 3.05) is 0 Å². The van der Waals surface area contributed by atoms with Crippen molar-refractivity contribution >= 4 is 63.7 Å². The van der Waals surface area contributed by atoms with Crippen LogP contribution in [0.4, 0.5) is 0 Å². The first kappa shape index (κ1) is 10.4. The summed E-state index contributed by atoms with van der Waals surface area (Å²) in [6, 6.07) is 0. The van der Waals surface area contributed by atoms with Gasteiger partial charge in [0.1, 0.15) is 0 Å². The van der Waals surface area contributed by atoms with Crippen LogP contribution in [0.5, 0.6) is 0 Å². The summed E-state index contributed by atoms with van der Waals surface area (Å²) in [6.45, 7) is 4.67. The second-order valence-corrected chi connectivity index (χ2v) is 12.0. The first-order valence-corrected chi connectivity index (χ1v) is 7.09. The van der Waals surface area contributed by atoms with Gasteiger partial charge in [0.15, 0.2) is 0 Å². The lowest BCUT2D eigenvalue weighted by atomic mass is 9.90. The zero-order valence-electron chi connectivity index (χ0n) is 6.93. The predicted octanol–water partition coefficient (Wildman–Crippen LogP) is 4.78. The number of alkyl halides is 4. The lowest BCUT2D eigenvalue weighted by Gasteiger charge is -2.23. The molecule has 2 atom stereocenters. The number of hydrogen-bond acceptors (Lipinski definition) is 0. The van der Waals surface area contributed by atoms with Gasteiger partial charge >= 0.3 is 0 Å². The maximum Gasteiger partial charge on any atom is 0.0871 e. The monoisotopic (exact) mass is 422 g/mol. The molecule has 0 spiro atoms. The Morgan fingerprint density at radius 2 is 0.917 bits per heavy atom. The van der Waals surface area contributed by atoms with E-state index in [-0.39, 0.29) is 6.47 Å². The van der Waals surface area contributed by atoms with Crippen LogP contribution in [0.2, 0.25) is 0 Å². The van der Waals surface area contributed by atoms with Crippen molar-refractivity contribution in [3.8, 4) is 0 Å². The van der Waals surface area contributed by atoms with Gasteiger partial charge < -0.3 is 0 Å². The highest BCUT2D eigenvalue weighted by Crippen LogP contribution is 2.86. The molecule has 0 bridgehead atoms. The zero-order valence-corrected chi connectivity index (χ0v) is 13.3. The third-order valence-corrected chi connectivity index (χ3v) is 8.36. The Balaban J connectivity index is 2.25. The van der Waals surface area contributed by atoms with Crippen LogP contribution in [0, 0.1) is 10.8 Å². The number of hydrogen-bond donors (Lipinski definition) is 0. The third kappa shape index (κ3) is 1.04. The van der Waals surface area contributed by atoms with E-state index in [1.165, 1.54) is 12.8 Å². The van der Waals surface area contributed by atoms with Crippen molar-refractivity contribution < 1.29 is 0 Å². The van der Waals surface area contributed by atoms with E-state index in [1.807, 2.05) is 0 Å². The summed E-state index contributed by atoms with van der Waals surface area (Å²) in [6.07, 6.45) is 2.41. The van der Waals surface area contributed by atoms with Crippen LogP contribution in [0.1, 0.15) is 26.7 Å². The molecule has 0 aliphatic heterocycles. The summed E-state index contributed by atoms with van der Waals surface area (Å²) in [4.78, 5) is 0. The van der Waals surface area contributed by atoms with Gasteiger partial charge in [-0.25, -0.2) is 0 Å². The molecule has 0 aromatic heterocycles. The summed E-state index contributed by atoms with van der Waals surface area (Å²) >= 11 is 14.8. The fraction of sp³-hybridized carbons (Fsp3) is 1.00. The Hall–Kier alpha value is 1.92. The van der Waals surface area contributed by atoms with Crippen LogP contribution >= 0.6 is 63.7 Å². The highest BCUT2D eigenvalue weighted by Gasteiger charge is 2.81. The van der Waals surface area contributed by atoms with Crippen LogP contribution in [0.15, 0.2) is 0 Å². The van der Waals surface area contributed by atoms with E-state index in [0.717, 1.165) is 0 Å². The molecule has 2 aliphatic carbocycles. The molecule has 2 rings (SSSR count). The molecule has 0 N–H and O–H groups in total. The van der Waals surface area contributed by atoms with Crippen molar-refractivity contribution in [2.24, 2.45) is 10.8 Å². The molecule has 4 heteroatoms. The molecule has 0 aromatic rings. The fourth-order valence-electron chi connectivity index (χ4n) is 2.00. The molecule has 2 aliphatic rings. The topological polar surface area (TPSA) is 0 Å². The molecule has 0 amide bonds. The summed E-state index contributed by atoms with van der Waals surface area (Å²) in [5.41, 5.74) is 0.736.